The van der Waals surface area contributed by atoms with Gasteiger partial charge in [-0.05, 0) is 60.7 Å². The van der Waals surface area contributed by atoms with Gasteiger partial charge in [0.2, 0.25) is 0 Å². The average molecular weight is 298 g/mol. The number of fused-ring (bicyclic) bond motifs is 1. The van der Waals surface area contributed by atoms with Crippen molar-refractivity contribution in [2.75, 3.05) is 13.1 Å². The van der Waals surface area contributed by atoms with Gasteiger partial charge in [0.05, 0.1) is 0 Å². The van der Waals surface area contributed by atoms with Gasteiger partial charge < -0.3 is 5.32 Å². The van der Waals surface area contributed by atoms with Crippen LogP contribution in [0.5, 0.6) is 0 Å². The van der Waals surface area contributed by atoms with E-state index in [9.17, 15) is 0 Å². The number of benzene rings is 2. The summed E-state index contributed by atoms with van der Waals surface area (Å²) in [6.07, 6.45) is 11.1. The zero-order valence-electron chi connectivity index (χ0n) is 12.1. The second-order valence-electron chi connectivity index (χ2n) is 5.12. The Morgan fingerprint density at radius 3 is 2.24 bits per heavy atom. The van der Waals surface area contributed by atoms with Crippen LogP contribution >= 0.6 is 11.6 Å². The third-order valence-corrected chi connectivity index (χ3v) is 4.10. The average Bonchev–Trinajstić information content (AvgIpc) is 2.76. The molecule has 1 nitrogen and oxygen atoms in total. The van der Waals surface area contributed by atoms with Gasteiger partial charge in [0.1, 0.15) is 0 Å². The molecule has 0 saturated carbocycles. The molecule has 1 heterocycles. The molecule has 2 aromatic rings. The first-order valence-corrected chi connectivity index (χ1v) is 7.59. The molecule has 1 aliphatic rings. The zero-order valence-corrected chi connectivity index (χ0v) is 12.9. The van der Waals surface area contributed by atoms with E-state index in [2.05, 4.69) is 54.6 Å². The predicted octanol–water partition coefficient (Wildman–Crippen LogP) is 3.87. The minimum atomic E-state index is 0.907. The number of halogens is 1. The van der Waals surface area contributed by atoms with Gasteiger partial charge >= 0.3 is 0 Å². The van der Waals surface area contributed by atoms with Crippen molar-refractivity contribution < 1.29 is 0 Å². The normalized spacial score (nSPS) is 13.5. The topological polar surface area (TPSA) is 12.0 Å². The molecule has 1 aliphatic heterocycles. The Morgan fingerprint density at radius 1 is 0.952 bits per heavy atom. The molecule has 2 heteroatoms. The third kappa shape index (κ3) is 4.11. The molecule has 0 aliphatic carbocycles. The van der Waals surface area contributed by atoms with Crippen LogP contribution in [0.4, 0.5) is 0 Å². The van der Waals surface area contributed by atoms with Gasteiger partial charge in [-0.2, -0.15) is 0 Å². The summed E-state index contributed by atoms with van der Waals surface area (Å²) in [4.78, 5) is 0. The maximum atomic E-state index is 6.44. The Balaban J connectivity index is 0.000000774. The summed E-state index contributed by atoms with van der Waals surface area (Å²) in [5, 5.41) is 4.35. The lowest BCUT2D eigenvalue weighted by molar-refractivity contribution is 0.711. The molecule has 0 aromatic heterocycles. The highest BCUT2D eigenvalue weighted by atomic mass is 35.5. The summed E-state index contributed by atoms with van der Waals surface area (Å²) in [5.74, 6) is 0. The molecule has 0 atom stereocenters. The Kier molecular flexibility index (Phi) is 5.87. The summed E-state index contributed by atoms with van der Waals surface area (Å²) < 4.78 is 0. The maximum absolute atomic E-state index is 6.44. The molecule has 108 valence electrons. The summed E-state index contributed by atoms with van der Waals surface area (Å²) in [7, 11) is 0. The number of hydrogen-bond donors (Lipinski definition) is 1. The largest absolute Gasteiger partial charge is 0.316 e. The fourth-order valence-electron chi connectivity index (χ4n) is 2.70. The SMILES string of the molecule is C#C.Clc1cc2c(cc1Cc1ccccc1)CCNCC2. The lowest BCUT2D eigenvalue weighted by Gasteiger charge is -2.11. The van der Waals surface area contributed by atoms with Crippen molar-refractivity contribution in [3.8, 4) is 12.8 Å². The second kappa shape index (κ2) is 7.88. The molecule has 0 saturated heterocycles. The number of rotatable bonds is 2. The monoisotopic (exact) mass is 297 g/mol. The maximum Gasteiger partial charge on any atom is 0.0444 e. The van der Waals surface area contributed by atoms with Crippen LogP contribution in [0.2, 0.25) is 5.02 Å². The van der Waals surface area contributed by atoms with Gasteiger partial charge in [-0.25, -0.2) is 0 Å². The Hall–Kier alpha value is -1.75. The van der Waals surface area contributed by atoms with E-state index in [0.717, 1.165) is 37.4 Å². The standard InChI is InChI=1S/C17H18ClN.C2H2/c18-17-12-15-7-9-19-8-6-14(15)11-16(17)10-13-4-2-1-3-5-13;1-2/h1-5,11-12,19H,6-10H2;1-2H. The van der Waals surface area contributed by atoms with Crippen molar-refractivity contribution in [2.24, 2.45) is 0 Å². The Morgan fingerprint density at radius 2 is 1.57 bits per heavy atom. The summed E-state index contributed by atoms with van der Waals surface area (Å²) in [5.41, 5.74) is 5.43. The molecule has 0 fully saturated rings. The zero-order chi connectivity index (χ0) is 15.1. The van der Waals surface area contributed by atoms with E-state index < -0.39 is 0 Å². The van der Waals surface area contributed by atoms with Crippen LogP contribution in [0.1, 0.15) is 22.3 Å². The first-order chi connectivity index (χ1) is 10.3. The second-order valence-corrected chi connectivity index (χ2v) is 5.53. The molecule has 0 radical (unpaired) electrons. The number of nitrogens with one attached hydrogen (secondary N) is 1. The van der Waals surface area contributed by atoms with E-state index in [-0.39, 0.29) is 0 Å². The Labute approximate surface area is 132 Å². The third-order valence-electron chi connectivity index (χ3n) is 3.75. The molecular formula is C19H20ClN. The van der Waals surface area contributed by atoms with Crippen LogP contribution in [-0.2, 0) is 19.3 Å². The summed E-state index contributed by atoms with van der Waals surface area (Å²) in [6.45, 7) is 2.13. The van der Waals surface area contributed by atoms with E-state index in [0.29, 0.717) is 0 Å². The van der Waals surface area contributed by atoms with Crippen molar-refractivity contribution >= 4 is 11.6 Å². The highest BCUT2D eigenvalue weighted by Gasteiger charge is 2.11. The molecule has 21 heavy (non-hydrogen) atoms. The van der Waals surface area contributed by atoms with Crippen molar-refractivity contribution in [1.29, 1.82) is 0 Å². The van der Waals surface area contributed by atoms with Gasteiger partial charge in [0.15, 0.2) is 0 Å². The Bertz CT molecular complexity index is 602. The van der Waals surface area contributed by atoms with Crippen LogP contribution in [0.25, 0.3) is 0 Å². The van der Waals surface area contributed by atoms with E-state index in [1.54, 1.807) is 0 Å². The lowest BCUT2D eigenvalue weighted by atomic mass is 9.96. The van der Waals surface area contributed by atoms with Crippen LogP contribution in [0.3, 0.4) is 0 Å². The summed E-state index contributed by atoms with van der Waals surface area (Å²) in [6, 6.07) is 15.0. The highest BCUT2D eigenvalue weighted by molar-refractivity contribution is 6.31. The van der Waals surface area contributed by atoms with Crippen molar-refractivity contribution in [1.82, 2.24) is 5.32 Å². The highest BCUT2D eigenvalue weighted by Crippen LogP contribution is 2.25. The minimum absolute atomic E-state index is 0.907. The van der Waals surface area contributed by atoms with Crippen molar-refractivity contribution in [2.45, 2.75) is 19.3 Å². The predicted molar refractivity (Wildman–Crippen MR) is 90.9 cm³/mol. The molecule has 0 amide bonds. The lowest BCUT2D eigenvalue weighted by Crippen LogP contribution is -2.16. The number of terminal acetylenes is 1. The molecule has 0 bridgehead atoms. The minimum Gasteiger partial charge on any atom is -0.316 e. The molecule has 3 rings (SSSR count). The quantitative estimate of drug-likeness (QED) is 0.830. The van der Waals surface area contributed by atoms with Gasteiger partial charge in [0.25, 0.3) is 0 Å². The van der Waals surface area contributed by atoms with Gasteiger partial charge in [-0.1, -0.05) is 48.0 Å². The van der Waals surface area contributed by atoms with Crippen LogP contribution in [0, 0.1) is 12.8 Å². The smallest absolute Gasteiger partial charge is 0.0444 e. The number of hydrogen-bond acceptors (Lipinski definition) is 1. The van der Waals surface area contributed by atoms with E-state index in [4.69, 9.17) is 11.6 Å². The van der Waals surface area contributed by atoms with Crippen LogP contribution in [-0.4, -0.2) is 13.1 Å². The first kappa shape index (κ1) is 15.6. The van der Waals surface area contributed by atoms with E-state index in [1.807, 2.05) is 6.07 Å². The van der Waals surface area contributed by atoms with Gasteiger partial charge in [-0.15, -0.1) is 12.8 Å². The molecule has 0 unspecified atom stereocenters. The molecule has 1 N–H and O–H groups in total. The summed E-state index contributed by atoms with van der Waals surface area (Å²) >= 11 is 6.44. The van der Waals surface area contributed by atoms with Crippen LogP contribution in [0.15, 0.2) is 42.5 Å². The van der Waals surface area contributed by atoms with E-state index in [1.165, 1.54) is 22.3 Å². The molecular weight excluding hydrogens is 278 g/mol. The van der Waals surface area contributed by atoms with Gasteiger partial charge in [-0.3, -0.25) is 0 Å². The van der Waals surface area contributed by atoms with Crippen molar-refractivity contribution in [3.05, 3.63) is 69.7 Å². The molecule has 0 spiro atoms. The molecule has 2 aromatic carbocycles. The van der Waals surface area contributed by atoms with Gasteiger partial charge in [0, 0.05) is 5.02 Å². The van der Waals surface area contributed by atoms with E-state index >= 15 is 0 Å². The van der Waals surface area contributed by atoms with Crippen molar-refractivity contribution in [3.63, 3.8) is 0 Å². The fraction of sp³-hybridized carbons (Fsp3) is 0.263. The fourth-order valence-corrected chi connectivity index (χ4v) is 2.95. The van der Waals surface area contributed by atoms with Crippen LogP contribution < -0.4 is 5.32 Å². The first-order valence-electron chi connectivity index (χ1n) is 7.21.